The Morgan fingerprint density at radius 2 is 2.00 bits per heavy atom. The van der Waals surface area contributed by atoms with Gasteiger partial charge in [-0.2, -0.15) is 11.8 Å². The lowest BCUT2D eigenvalue weighted by Gasteiger charge is -2.34. The second-order valence-electron chi connectivity index (χ2n) is 5.72. The zero-order chi connectivity index (χ0) is 12.0. The second-order valence-corrected chi connectivity index (χ2v) is 6.70. The molecule has 0 heterocycles. The molecular formula is C14H29NS. The third kappa shape index (κ3) is 5.09. The second kappa shape index (κ2) is 7.60. The Balaban J connectivity index is 2.25. The van der Waals surface area contributed by atoms with E-state index in [4.69, 9.17) is 0 Å². The van der Waals surface area contributed by atoms with Crippen LogP contribution in [0.1, 0.15) is 52.9 Å². The van der Waals surface area contributed by atoms with E-state index < -0.39 is 0 Å². The summed E-state index contributed by atoms with van der Waals surface area (Å²) >= 11 is 1.96. The van der Waals surface area contributed by atoms with E-state index in [9.17, 15) is 0 Å². The number of nitrogens with one attached hydrogen (secondary N) is 1. The van der Waals surface area contributed by atoms with Gasteiger partial charge in [0.2, 0.25) is 0 Å². The molecule has 16 heavy (non-hydrogen) atoms. The Morgan fingerprint density at radius 3 is 2.62 bits per heavy atom. The van der Waals surface area contributed by atoms with Crippen LogP contribution in [0.4, 0.5) is 0 Å². The first kappa shape index (κ1) is 14.4. The number of hydrogen-bond donors (Lipinski definition) is 1. The standard InChI is InChI=1S/C14H29NS/c1-11(2)13-6-5-7-14(10-13)15-12(3)8-9-16-4/h11-15H,5-10H2,1-4H3. The zero-order valence-corrected chi connectivity index (χ0v) is 12.3. The molecule has 1 nitrogen and oxygen atoms in total. The largest absolute Gasteiger partial charge is 0.311 e. The minimum atomic E-state index is 0.698. The molecule has 0 spiro atoms. The molecule has 0 radical (unpaired) electrons. The minimum Gasteiger partial charge on any atom is -0.311 e. The fourth-order valence-electron chi connectivity index (χ4n) is 2.76. The van der Waals surface area contributed by atoms with Gasteiger partial charge in [0, 0.05) is 12.1 Å². The first-order valence-corrected chi connectivity index (χ1v) is 8.27. The van der Waals surface area contributed by atoms with E-state index in [1.807, 2.05) is 11.8 Å². The van der Waals surface area contributed by atoms with Crippen molar-refractivity contribution in [3.05, 3.63) is 0 Å². The van der Waals surface area contributed by atoms with E-state index in [0.717, 1.165) is 17.9 Å². The van der Waals surface area contributed by atoms with Crippen LogP contribution in [0.25, 0.3) is 0 Å². The Hall–Kier alpha value is 0.310. The molecule has 2 heteroatoms. The summed E-state index contributed by atoms with van der Waals surface area (Å²) in [7, 11) is 0. The van der Waals surface area contributed by atoms with Crippen LogP contribution in [-0.4, -0.2) is 24.1 Å². The summed E-state index contributed by atoms with van der Waals surface area (Å²) in [6, 6.07) is 1.49. The van der Waals surface area contributed by atoms with Crippen LogP contribution in [0.15, 0.2) is 0 Å². The molecule has 1 aliphatic rings. The highest BCUT2D eigenvalue weighted by atomic mass is 32.2. The molecule has 3 unspecified atom stereocenters. The maximum atomic E-state index is 3.83. The van der Waals surface area contributed by atoms with Gasteiger partial charge in [-0.05, 0) is 50.0 Å². The van der Waals surface area contributed by atoms with E-state index >= 15 is 0 Å². The van der Waals surface area contributed by atoms with Crippen molar-refractivity contribution in [2.75, 3.05) is 12.0 Å². The highest BCUT2D eigenvalue weighted by Gasteiger charge is 2.24. The summed E-state index contributed by atoms with van der Waals surface area (Å²) in [4.78, 5) is 0. The van der Waals surface area contributed by atoms with Gasteiger partial charge in [-0.1, -0.05) is 26.7 Å². The van der Waals surface area contributed by atoms with Crippen LogP contribution in [0, 0.1) is 11.8 Å². The van der Waals surface area contributed by atoms with Crippen LogP contribution in [0.3, 0.4) is 0 Å². The quantitative estimate of drug-likeness (QED) is 0.758. The molecular weight excluding hydrogens is 214 g/mol. The fraction of sp³-hybridized carbons (Fsp3) is 1.00. The average Bonchev–Trinajstić information content (AvgIpc) is 2.26. The molecule has 1 saturated carbocycles. The molecule has 0 aromatic rings. The van der Waals surface area contributed by atoms with Crippen LogP contribution < -0.4 is 5.32 Å². The van der Waals surface area contributed by atoms with Crippen LogP contribution >= 0.6 is 11.8 Å². The normalized spacial score (nSPS) is 28.3. The first-order chi connectivity index (χ1) is 7.63. The van der Waals surface area contributed by atoms with Gasteiger partial charge in [-0.15, -0.1) is 0 Å². The van der Waals surface area contributed by atoms with E-state index in [1.165, 1.54) is 37.9 Å². The van der Waals surface area contributed by atoms with Gasteiger partial charge in [-0.3, -0.25) is 0 Å². The van der Waals surface area contributed by atoms with Gasteiger partial charge < -0.3 is 5.32 Å². The molecule has 1 rings (SSSR count). The fourth-order valence-corrected chi connectivity index (χ4v) is 3.35. The molecule has 0 aliphatic heterocycles. The summed E-state index contributed by atoms with van der Waals surface area (Å²) in [5.74, 6) is 3.11. The van der Waals surface area contributed by atoms with Crippen molar-refractivity contribution in [2.24, 2.45) is 11.8 Å². The van der Waals surface area contributed by atoms with Gasteiger partial charge in [-0.25, -0.2) is 0 Å². The molecule has 0 saturated heterocycles. The van der Waals surface area contributed by atoms with Gasteiger partial charge in [0.1, 0.15) is 0 Å². The summed E-state index contributed by atoms with van der Waals surface area (Å²) < 4.78 is 0. The van der Waals surface area contributed by atoms with Gasteiger partial charge in [0.05, 0.1) is 0 Å². The lowest BCUT2D eigenvalue weighted by Crippen LogP contribution is -2.40. The van der Waals surface area contributed by atoms with Gasteiger partial charge in [0.25, 0.3) is 0 Å². The molecule has 1 aliphatic carbocycles. The summed E-state index contributed by atoms with van der Waals surface area (Å²) in [6.45, 7) is 7.10. The summed E-state index contributed by atoms with van der Waals surface area (Å²) in [6.07, 6.45) is 9.19. The van der Waals surface area contributed by atoms with Crippen LogP contribution in [0.5, 0.6) is 0 Å². The monoisotopic (exact) mass is 243 g/mol. The van der Waals surface area contributed by atoms with E-state index in [1.54, 1.807) is 0 Å². The molecule has 1 fully saturated rings. The Kier molecular flexibility index (Phi) is 6.83. The van der Waals surface area contributed by atoms with Crippen molar-refractivity contribution in [3.8, 4) is 0 Å². The summed E-state index contributed by atoms with van der Waals surface area (Å²) in [5.41, 5.74) is 0. The van der Waals surface area contributed by atoms with Crippen molar-refractivity contribution < 1.29 is 0 Å². The Morgan fingerprint density at radius 1 is 1.25 bits per heavy atom. The number of hydrogen-bond acceptors (Lipinski definition) is 2. The highest BCUT2D eigenvalue weighted by Crippen LogP contribution is 2.30. The van der Waals surface area contributed by atoms with E-state index in [-0.39, 0.29) is 0 Å². The lowest BCUT2D eigenvalue weighted by atomic mass is 9.79. The first-order valence-electron chi connectivity index (χ1n) is 6.88. The van der Waals surface area contributed by atoms with E-state index in [0.29, 0.717) is 6.04 Å². The number of rotatable bonds is 6. The predicted molar refractivity (Wildman–Crippen MR) is 76.2 cm³/mol. The van der Waals surface area contributed by atoms with Crippen molar-refractivity contribution in [1.29, 1.82) is 0 Å². The maximum Gasteiger partial charge on any atom is 0.00722 e. The predicted octanol–water partition coefficient (Wildman–Crippen LogP) is 3.93. The van der Waals surface area contributed by atoms with Gasteiger partial charge in [0.15, 0.2) is 0 Å². The molecule has 0 amide bonds. The molecule has 0 aromatic heterocycles. The summed E-state index contributed by atoms with van der Waals surface area (Å²) in [5, 5.41) is 3.83. The van der Waals surface area contributed by atoms with Crippen molar-refractivity contribution >= 4 is 11.8 Å². The molecule has 0 aromatic carbocycles. The third-order valence-electron chi connectivity index (χ3n) is 3.93. The van der Waals surface area contributed by atoms with Gasteiger partial charge >= 0.3 is 0 Å². The molecule has 96 valence electrons. The average molecular weight is 243 g/mol. The molecule has 0 bridgehead atoms. The lowest BCUT2D eigenvalue weighted by molar-refractivity contribution is 0.222. The zero-order valence-electron chi connectivity index (χ0n) is 11.5. The van der Waals surface area contributed by atoms with E-state index in [2.05, 4.69) is 32.3 Å². The maximum absolute atomic E-state index is 3.83. The molecule has 1 N–H and O–H groups in total. The van der Waals surface area contributed by atoms with Crippen LogP contribution in [-0.2, 0) is 0 Å². The Bertz CT molecular complexity index is 182. The SMILES string of the molecule is CSCCC(C)NC1CCCC(C(C)C)C1. The highest BCUT2D eigenvalue weighted by molar-refractivity contribution is 7.98. The van der Waals surface area contributed by atoms with Crippen molar-refractivity contribution in [3.63, 3.8) is 0 Å². The third-order valence-corrected chi connectivity index (χ3v) is 4.58. The number of thioether (sulfide) groups is 1. The molecule has 3 atom stereocenters. The van der Waals surface area contributed by atoms with Crippen LogP contribution in [0.2, 0.25) is 0 Å². The van der Waals surface area contributed by atoms with Crippen molar-refractivity contribution in [2.45, 2.75) is 65.0 Å². The Labute approximate surface area is 106 Å². The van der Waals surface area contributed by atoms with Crippen molar-refractivity contribution in [1.82, 2.24) is 5.32 Å². The topological polar surface area (TPSA) is 12.0 Å². The smallest absolute Gasteiger partial charge is 0.00722 e. The minimum absolute atomic E-state index is 0.698.